The smallest absolute Gasteiger partial charge is 0.326 e. The van der Waals surface area contributed by atoms with Crippen LogP contribution >= 0.6 is 0 Å². The first-order valence-electron chi connectivity index (χ1n) is 13.5. The maximum Gasteiger partial charge on any atom is 0.326 e. The normalized spacial score (nSPS) is 12.5. The molecule has 0 fully saturated rings. The molecule has 4 rings (SSSR count). The third kappa shape index (κ3) is 5.97. The van der Waals surface area contributed by atoms with Crippen molar-refractivity contribution in [3.05, 3.63) is 93.4 Å². The number of anilines is 1. The Labute approximate surface area is 241 Å². The maximum absolute atomic E-state index is 14.8. The molecule has 0 spiro atoms. The molecule has 1 heterocycles. The Morgan fingerprint density at radius 2 is 1.69 bits per heavy atom. The van der Waals surface area contributed by atoms with Crippen LogP contribution in [0.25, 0.3) is 21.9 Å². The number of amides is 1. The highest BCUT2D eigenvalue weighted by Crippen LogP contribution is 2.35. The number of aromatic nitrogens is 1. The van der Waals surface area contributed by atoms with Crippen LogP contribution in [-0.2, 0) is 18.3 Å². The molecule has 3 aromatic carbocycles. The molecule has 1 amide bonds. The van der Waals surface area contributed by atoms with Gasteiger partial charge in [0.1, 0.15) is 29.0 Å². The van der Waals surface area contributed by atoms with E-state index in [9.17, 15) is 28.3 Å². The number of methoxy groups -OCH3 is 1. The number of ether oxygens (including phenoxy) is 1. The molecule has 0 saturated heterocycles. The van der Waals surface area contributed by atoms with Crippen LogP contribution in [0.4, 0.5) is 14.5 Å². The van der Waals surface area contributed by atoms with Crippen LogP contribution in [0.5, 0.6) is 5.75 Å². The zero-order chi connectivity index (χ0) is 30.7. The summed E-state index contributed by atoms with van der Waals surface area (Å²) in [5.74, 6) is -4.36. The van der Waals surface area contributed by atoms with Crippen LogP contribution in [-0.4, -0.2) is 40.7 Å². The van der Waals surface area contributed by atoms with Gasteiger partial charge >= 0.3 is 5.97 Å². The second kappa shape index (κ2) is 12.4. The van der Waals surface area contributed by atoms with Crippen LogP contribution in [0.15, 0.2) is 59.4 Å². The summed E-state index contributed by atoms with van der Waals surface area (Å²) in [6.45, 7) is 5.56. The van der Waals surface area contributed by atoms with E-state index in [4.69, 9.17) is 4.74 Å². The molecule has 0 aliphatic heterocycles. The number of nitrogens with one attached hydrogen (secondary N) is 2. The topological polar surface area (TPSA) is 110 Å². The molecule has 8 nitrogen and oxygen atoms in total. The number of nitrogens with zero attached hydrogens (tertiary/aromatic N) is 1. The lowest BCUT2D eigenvalue weighted by atomic mass is 9.92. The highest BCUT2D eigenvalue weighted by atomic mass is 19.1. The van der Waals surface area contributed by atoms with Crippen molar-refractivity contribution in [3.8, 4) is 16.9 Å². The van der Waals surface area contributed by atoms with Crippen LogP contribution in [0.1, 0.15) is 41.9 Å². The van der Waals surface area contributed by atoms with Crippen molar-refractivity contribution in [1.29, 1.82) is 0 Å². The van der Waals surface area contributed by atoms with E-state index in [2.05, 4.69) is 10.6 Å². The van der Waals surface area contributed by atoms with Crippen molar-refractivity contribution in [2.45, 2.75) is 45.7 Å². The number of hydrogen-bond acceptors (Lipinski definition) is 5. The van der Waals surface area contributed by atoms with Crippen molar-refractivity contribution in [2.24, 2.45) is 7.05 Å². The lowest BCUT2D eigenvalue weighted by Crippen LogP contribution is -2.43. The molecule has 2 atom stereocenters. The molecule has 0 bridgehead atoms. The Kier molecular flexibility index (Phi) is 8.94. The molecule has 0 aliphatic rings. The van der Waals surface area contributed by atoms with Crippen molar-refractivity contribution >= 4 is 28.3 Å². The summed E-state index contributed by atoms with van der Waals surface area (Å²) < 4.78 is 36.7. The summed E-state index contributed by atoms with van der Waals surface area (Å²) in [5.41, 5.74) is 1.28. The van der Waals surface area contributed by atoms with E-state index >= 15 is 0 Å². The average Bonchev–Trinajstić information content (AvgIpc) is 2.95. The Hall–Kier alpha value is -4.73. The summed E-state index contributed by atoms with van der Waals surface area (Å²) in [6.07, 6.45) is 0.540. The van der Waals surface area contributed by atoms with Gasteiger partial charge in [-0.25, -0.2) is 13.6 Å². The van der Waals surface area contributed by atoms with E-state index in [0.717, 1.165) is 24.2 Å². The van der Waals surface area contributed by atoms with Gasteiger partial charge in [-0.3, -0.25) is 9.59 Å². The molecule has 3 N–H and O–H groups in total. The lowest BCUT2D eigenvalue weighted by Gasteiger charge is -2.19. The number of aliphatic carboxylic acids is 1. The van der Waals surface area contributed by atoms with Crippen LogP contribution in [0.3, 0.4) is 0 Å². The zero-order valence-corrected chi connectivity index (χ0v) is 24.0. The van der Waals surface area contributed by atoms with Gasteiger partial charge < -0.3 is 25.0 Å². The van der Waals surface area contributed by atoms with E-state index in [1.54, 1.807) is 56.4 Å². The number of benzene rings is 3. The number of carboxylic acid groups (broad SMARTS) is 1. The Morgan fingerprint density at radius 3 is 2.29 bits per heavy atom. The molecule has 10 heteroatoms. The van der Waals surface area contributed by atoms with Gasteiger partial charge in [0.15, 0.2) is 0 Å². The molecule has 4 aromatic rings. The molecule has 0 aliphatic carbocycles. The first kappa shape index (κ1) is 30.2. The minimum Gasteiger partial charge on any atom is -0.496 e. The van der Waals surface area contributed by atoms with Crippen molar-refractivity contribution in [3.63, 3.8) is 0 Å². The summed E-state index contributed by atoms with van der Waals surface area (Å²) in [7, 11) is 3.15. The van der Waals surface area contributed by atoms with Crippen molar-refractivity contribution < 1.29 is 28.2 Å². The van der Waals surface area contributed by atoms with Crippen LogP contribution < -0.4 is 20.9 Å². The standard InChI is InChI=1S/C32H33F2N3O5/c1-6-17(2)35-20-15-24(33)29(25(34)16-20)30(38)36-26(32(40)41)14-19-11-12-23(22-10-8-7-9-21(19)22)28-27(42-5)13-18(3)37(4)31(28)39/h7-13,15-17,26,35H,6,14H2,1-5H3,(H,36,38)(H,40,41)/t17-,26-/m0/s1. The van der Waals surface area contributed by atoms with Gasteiger partial charge in [0, 0.05) is 37.0 Å². The van der Waals surface area contributed by atoms with Gasteiger partial charge in [-0.2, -0.15) is 0 Å². The van der Waals surface area contributed by atoms with Gasteiger partial charge in [-0.15, -0.1) is 0 Å². The maximum atomic E-state index is 14.8. The zero-order valence-electron chi connectivity index (χ0n) is 24.0. The fraction of sp³-hybridized carbons (Fsp3) is 0.281. The Morgan fingerprint density at radius 1 is 1.05 bits per heavy atom. The van der Waals surface area contributed by atoms with Gasteiger partial charge in [-0.05, 0) is 54.3 Å². The molecule has 0 saturated carbocycles. The van der Waals surface area contributed by atoms with Gasteiger partial charge in [0.2, 0.25) is 0 Å². The Bertz CT molecular complexity index is 1710. The molecule has 1 aromatic heterocycles. The number of fused-ring (bicyclic) bond motifs is 1. The van der Waals surface area contributed by atoms with Crippen LogP contribution in [0, 0.1) is 18.6 Å². The third-order valence-electron chi connectivity index (χ3n) is 7.46. The molecular formula is C32H33F2N3O5. The van der Waals surface area contributed by atoms with E-state index in [-0.39, 0.29) is 23.7 Å². The van der Waals surface area contributed by atoms with E-state index in [1.165, 1.54) is 11.7 Å². The van der Waals surface area contributed by atoms with E-state index in [1.807, 2.05) is 13.8 Å². The minimum absolute atomic E-state index is 0.0452. The van der Waals surface area contributed by atoms with Crippen LogP contribution in [0.2, 0.25) is 0 Å². The number of carboxylic acids is 1. The highest BCUT2D eigenvalue weighted by Gasteiger charge is 2.27. The van der Waals surface area contributed by atoms with Gasteiger partial charge in [0.05, 0.1) is 12.7 Å². The number of rotatable bonds is 10. The first-order chi connectivity index (χ1) is 20.0. The molecule has 220 valence electrons. The van der Waals surface area contributed by atoms with Gasteiger partial charge in [-0.1, -0.05) is 43.3 Å². The summed E-state index contributed by atoms with van der Waals surface area (Å²) >= 11 is 0. The number of aryl methyl sites for hydroxylation is 1. The lowest BCUT2D eigenvalue weighted by molar-refractivity contribution is -0.139. The van der Waals surface area contributed by atoms with E-state index in [0.29, 0.717) is 33.2 Å². The fourth-order valence-corrected chi connectivity index (χ4v) is 4.87. The highest BCUT2D eigenvalue weighted by molar-refractivity contribution is 6.00. The molecular weight excluding hydrogens is 544 g/mol. The van der Waals surface area contributed by atoms with E-state index < -0.39 is 35.1 Å². The van der Waals surface area contributed by atoms with Crippen molar-refractivity contribution in [1.82, 2.24) is 9.88 Å². The molecule has 0 radical (unpaired) electrons. The quantitative estimate of drug-likeness (QED) is 0.232. The predicted octanol–water partition coefficient (Wildman–Crippen LogP) is 5.44. The first-order valence-corrected chi connectivity index (χ1v) is 13.5. The number of halogens is 2. The fourth-order valence-electron chi connectivity index (χ4n) is 4.87. The SMILES string of the molecule is CC[C@H](C)Nc1cc(F)c(C(=O)N[C@@H](Cc2ccc(-c3c(OC)cc(C)n(C)c3=O)c3ccccc23)C(=O)O)c(F)c1. The summed E-state index contributed by atoms with van der Waals surface area (Å²) in [5, 5.41) is 16.5. The second-order valence-corrected chi connectivity index (χ2v) is 10.2. The Balaban J connectivity index is 1.70. The summed E-state index contributed by atoms with van der Waals surface area (Å²) in [6, 6.07) is 12.8. The second-order valence-electron chi connectivity index (χ2n) is 10.2. The predicted molar refractivity (Wildman–Crippen MR) is 158 cm³/mol. The average molecular weight is 578 g/mol. The monoisotopic (exact) mass is 577 g/mol. The third-order valence-corrected chi connectivity index (χ3v) is 7.46. The van der Waals surface area contributed by atoms with Crippen molar-refractivity contribution in [2.75, 3.05) is 12.4 Å². The molecule has 42 heavy (non-hydrogen) atoms. The van der Waals surface area contributed by atoms with Gasteiger partial charge in [0.25, 0.3) is 11.5 Å². The molecule has 0 unspecified atom stereocenters. The number of carbonyl (C=O) groups is 2. The minimum atomic E-state index is -1.50. The number of carbonyl (C=O) groups excluding carboxylic acids is 1. The largest absolute Gasteiger partial charge is 0.496 e. The summed E-state index contributed by atoms with van der Waals surface area (Å²) in [4.78, 5) is 38.4. The number of hydrogen-bond donors (Lipinski definition) is 3. The number of pyridine rings is 1.